The second-order valence-electron chi connectivity index (χ2n) is 3.71. The quantitative estimate of drug-likeness (QED) is 0.654. The molecular formula is C9H12N4O2. The van der Waals surface area contributed by atoms with Gasteiger partial charge in [-0.05, 0) is 13.8 Å². The monoisotopic (exact) mass is 208 g/mol. The smallest absolute Gasteiger partial charge is 0.330 e. The summed E-state index contributed by atoms with van der Waals surface area (Å²) in [6.07, 6.45) is 2.32. The van der Waals surface area contributed by atoms with Crippen LogP contribution in [0, 0.1) is 0 Å². The van der Waals surface area contributed by atoms with Gasteiger partial charge in [0.1, 0.15) is 6.67 Å². The van der Waals surface area contributed by atoms with Crippen LogP contribution >= 0.6 is 0 Å². The van der Waals surface area contributed by atoms with Gasteiger partial charge in [0.2, 0.25) is 0 Å². The number of carbonyl (C=O) groups is 2. The van der Waals surface area contributed by atoms with E-state index in [-0.39, 0.29) is 11.9 Å². The Bertz CT molecular complexity index is 372. The summed E-state index contributed by atoms with van der Waals surface area (Å²) in [6, 6.07) is -0.00715. The van der Waals surface area contributed by atoms with E-state index in [0.29, 0.717) is 24.8 Å². The van der Waals surface area contributed by atoms with Gasteiger partial charge in [-0.2, -0.15) is 0 Å². The average Bonchev–Trinajstić information content (AvgIpc) is 2.61. The van der Waals surface area contributed by atoms with Crippen molar-refractivity contribution in [2.75, 3.05) is 6.67 Å². The SMILES string of the molecule is CC(C)N1C=C2N=C(C=O)NC(=O)N2C1. The standard InChI is InChI=1S/C9H12N4O2/c1-6(2)12-3-8-10-7(4-14)11-9(15)13(8)5-12/h3-4,6H,5H2,1-2H3,(H,10,11,15). The minimum Gasteiger partial charge on any atom is -0.354 e. The lowest BCUT2D eigenvalue weighted by Crippen LogP contribution is -2.47. The number of aliphatic imine (C=N–C) groups is 1. The van der Waals surface area contributed by atoms with E-state index in [9.17, 15) is 9.59 Å². The Hall–Kier alpha value is -1.85. The molecule has 2 aliphatic rings. The third kappa shape index (κ3) is 1.58. The van der Waals surface area contributed by atoms with Crippen molar-refractivity contribution in [1.29, 1.82) is 0 Å². The molecular weight excluding hydrogens is 196 g/mol. The molecule has 0 saturated heterocycles. The maximum Gasteiger partial charge on any atom is 0.330 e. The maximum atomic E-state index is 11.5. The van der Waals surface area contributed by atoms with Crippen LogP contribution in [0.3, 0.4) is 0 Å². The Morgan fingerprint density at radius 1 is 1.60 bits per heavy atom. The van der Waals surface area contributed by atoms with Crippen molar-refractivity contribution in [3.05, 3.63) is 12.0 Å². The van der Waals surface area contributed by atoms with Crippen molar-refractivity contribution in [3.8, 4) is 0 Å². The Kier molecular flexibility index (Phi) is 2.18. The van der Waals surface area contributed by atoms with Gasteiger partial charge in [0.05, 0.1) is 0 Å². The molecule has 0 fully saturated rings. The zero-order valence-electron chi connectivity index (χ0n) is 8.60. The fraction of sp³-hybridized carbons (Fsp3) is 0.444. The molecule has 0 aromatic rings. The third-order valence-electron chi connectivity index (χ3n) is 2.35. The number of carbonyl (C=O) groups excluding carboxylic acids is 2. The molecule has 0 aromatic carbocycles. The highest BCUT2D eigenvalue weighted by Gasteiger charge is 2.31. The van der Waals surface area contributed by atoms with E-state index in [0.717, 1.165) is 0 Å². The predicted molar refractivity (Wildman–Crippen MR) is 53.8 cm³/mol. The van der Waals surface area contributed by atoms with E-state index in [1.807, 2.05) is 18.7 Å². The van der Waals surface area contributed by atoms with E-state index >= 15 is 0 Å². The summed E-state index contributed by atoms with van der Waals surface area (Å²) in [7, 11) is 0. The molecule has 0 aliphatic carbocycles. The fourth-order valence-corrected chi connectivity index (χ4v) is 1.45. The number of amides is 2. The van der Waals surface area contributed by atoms with Crippen LogP contribution < -0.4 is 5.32 Å². The normalized spacial score (nSPS) is 19.8. The largest absolute Gasteiger partial charge is 0.354 e. The van der Waals surface area contributed by atoms with Crippen LogP contribution in [0.1, 0.15) is 13.8 Å². The first-order valence-corrected chi connectivity index (χ1v) is 4.72. The molecule has 0 radical (unpaired) electrons. The first kappa shape index (κ1) is 9.70. The van der Waals surface area contributed by atoms with Gasteiger partial charge >= 0.3 is 6.03 Å². The minimum atomic E-state index is -0.304. The molecule has 2 amide bonds. The lowest BCUT2D eigenvalue weighted by molar-refractivity contribution is -0.102. The predicted octanol–water partition coefficient (Wildman–Crippen LogP) is 0.0894. The van der Waals surface area contributed by atoms with Crippen LogP contribution in [-0.4, -0.2) is 40.7 Å². The summed E-state index contributed by atoms with van der Waals surface area (Å²) < 4.78 is 0. The number of aldehydes is 1. The van der Waals surface area contributed by atoms with Gasteiger partial charge in [-0.25, -0.2) is 9.79 Å². The summed E-state index contributed by atoms with van der Waals surface area (Å²) in [5, 5.41) is 2.40. The first-order valence-electron chi connectivity index (χ1n) is 4.72. The molecule has 80 valence electrons. The number of urea groups is 1. The second-order valence-corrected chi connectivity index (χ2v) is 3.71. The molecule has 2 heterocycles. The number of hydrogen-bond acceptors (Lipinski definition) is 4. The van der Waals surface area contributed by atoms with Crippen molar-refractivity contribution >= 4 is 18.2 Å². The molecule has 15 heavy (non-hydrogen) atoms. The lowest BCUT2D eigenvalue weighted by Gasteiger charge is -2.25. The van der Waals surface area contributed by atoms with Crippen molar-refractivity contribution < 1.29 is 9.59 Å². The van der Waals surface area contributed by atoms with Crippen LogP contribution in [0.25, 0.3) is 0 Å². The van der Waals surface area contributed by atoms with Gasteiger partial charge in [-0.1, -0.05) is 0 Å². The lowest BCUT2D eigenvalue weighted by atomic mass is 10.4. The van der Waals surface area contributed by atoms with Crippen molar-refractivity contribution in [2.24, 2.45) is 4.99 Å². The van der Waals surface area contributed by atoms with Crippen molar-refractivity contribution in [2.45, 2.75) is 19.9 Å². The van der Waals surface area contributed by atoms with Gasteiger partial charge in [0, 0.05) is 12.2 Å². The van der Waals surface area contributed by atoms with Gasteiger partial charge in [-0.15, -0.1) is 0 Å². The third-order valence-corrected chi connectivity index (χ3v) is 2.35. The van der Waals surface area contributed by atoms with E-state index in [4.69, 9.17) is 0 Å². The molecule has 0 unspecified atom stereocenters. The minimum absolute atomic E-state index is 0.0631. The van der Waals surface area contributed by atoms with Crippen LogP contribution in [0.2, 0.25) is 0 Å². The van der Waals surface area contributed by atoms with Crippen LogP contribution in [0.5, 0.6) is 0 Å². The number of rotatable bonds is 2. The molecule has 0 aromatic heterocycles. The number of nitrogens with zero attached hydrogens (tertiary/aromatic N) is 3. The first-order chi connectivity index (χ1) is 7.11. The molecule has 0 saturated carbocycles. The molecule has 0 bridgehead atoms. The number of fused-ring (bicyclic) bond motifs is 1. The topological polar surface area (TPSA) is 65.0 Å². The van der Waals surface area contributed by atoms with Crippen LogP contribution in [-0.2, 0) is 4.79 Å². The van der Waals surface area contributed by atoms with E-state index in [1.165, 1.54) is 4.90 Å². The number of nitrogens with one attached hydrogen (secondary N) is 1. The average molecular weight is 208 g/mol. The van der Waals surface area contributed by atoms with Crippen LogP contribution in [0.4, 0.5) is 4.79 Å². The second kappa shape index (κ2) is 3.38. The van der Waals surface area contributed by atoms with Gasteiger partial charge < -0.3 is 4.90 Å². The van der Waals surface area contributed by atoms with Gasteiger partial charge in [0.25, 0.3) is 0 Å². The molecule has 6 heteroatoms. The number of hydrogen-bond donors (Lipinski definition) is 1. The van der Waals surface area contributed by atoms with Crippen LogP contribution in [0.15, 0.2) is 17.0 Å². The summed E-state index contributed by atoms with van der Waals surface area (Å²) >= 11 is 0. The van der Waals surface area contributed by atoms with Gasteiger partial charge in [-0.3, -0.25) is 15.0 Å². The maximum absolute atomic E-state index is 11.5. The van der Waals surface area contributed by atoms with Crippen molar-refractivity contribution in [3.63, 3.8) is 0 Å². The molecule has 6 nitrogen and oxygen atoms in total. The highest BCUT2D eigenvalue weighted by molar-refractivity contribution is 6.31. The summed E-state index contributed by atoms with van der Waals surface area (Å²) in [6.45, 7) is 4.53. The zero-order valence-corrected chi connectivity index (χ0v) is 8.60. The fourth-order valence-electron chi connectivity index (χ4n) is 1.45. The van der Waals surface area contributed by atoms with Crippen molar-refractivity contribution in [1.82, 2.24) is 15.1 Å². The zero-order chi connectivity index (χ0) is 11.0. The molecule has 2 rings (SSSR count). The Balaban J connectivity index is 2.28. The Morgan fingerprint density at radius 2 is 2.33 bits per heavy atom. The number of amidine groups is 1. The summed E-state index contributed by atoms with van der Waals surface area (Å²) in [5.74, 6) is 0.586. The summed E-state index contributed by atoms with van der Waals surface area (Å²) in [5.41, 5.74) is 0. The van der Waals surface area contributed by atoms with E-state index in [1.54, 1.807) is 6.20 Å². The highest BCUT2D eigenvalue weighted by atomic mass is 16.2. The van der Waals surface area contributed by atoms with E-state index in [2.05, 4.69) is 10.3 Å². The highest BCUT2D eigenvalue weighted by Crippen LogP contribution is 2.21. The molecule has 0 spiro atoms. The molecule has 0 atom stereocenters. The molecule has 2 aliphatic heterocycles. The van der Waals surface area contributed by atoms with E-state index < -0.39 is 0 Å². The Morgan fingerprint density at radius 3 is 2.93 bits per heavy atom. The molecule has 1 N–H and O–H groups in total. The summed E-state index contributed by atoms with van der Waals surface area (Å²) in [4.78, 5) is 29.5. The Labute approximate surface area is 87.2 Å². The van der Waals surface area contributed by atoms with Gasteiger partial charge in [0.15, 0.2) is 17.9 Å².